The van der Waals surface area contributed by atoms with E-state index in [2.05, 4.69) is 0 Å². The summed E-state index contributed by atoms with van der Waals surface area (Å²) in [5.41, 5.74) is 0. The predicted molar refractivity (Wildman–Crippen MR) is 35.5 cm³/mol. The van der Waals surface area contributed by atoms with E-state index in [1.165, 1.54) is 0 Å². The van der Waals surface area contributed by atoms with Gasteiger partial charge < -0.3 is 4.55 Å². The Kier molecular flexibility index (Phi) is 4.70. The Balaban J connectivity index is 0.000000810. The third-order valence-electron chi connectivity index (χ3n) is 0.945. The largest absolute Gasteiger partial charge is 0.302 e. The second kappa shape index (κ2) is 4.72. The van der Waals surface area contributed by atoms with Crippen LogP contribution in [-0.4, -0.2) is 8.76 Å². The predicted octanol–water partition coefficient (Wildman–Crippen LogP) is 1.26. The summed E-state index contributed by atoms with van der Waals surface area (Å²) in [6.07, 6.45) is 0. The second-order valence-electron chi connectivity index (χ2n) is 1.56. The number of hydrogen-bond donors (Lipinski definition) is 1. The molecule has 0 amide bonds. The quantitative estimate of drug-likeness (QED) is 0.556. The van der Waals surface area contributed by atoms with Crippen LogP contribution in [0, 0.1) is 0 Å². The number of rotatable bonds is 1. The van der Waals surface area contributed by atoms with E-state index in [9.17, 15) is 4.21 Å². The molecule has 1 rings (SSSR count). The minimum Gasteiger partial charge on any atom is -0.302 e. The molecule has 0 aliphatic heterocycles. The Labute approximate surface area is 74.7 Å². The molecule has 1 N–H and O–H groups in total. The topological polar surface area (TPSA) is 37.3 Å². The van der Waals surface area contributed by atoms with Crippen LogP contribution in [0.5, 0.6) is 0 Å². The zero-order valence-electron chi connectivity index (χ0n) is 5.36. The molecular formula is C6H6O2SZn. The van der Waals surface area contributed by atoms with Crippen molar-refractivity contribution in [1.29, 1.82) is 0 Å². The van der Waals surface area contributed by atoms with Crippen LogP contribution in [0.1, 0.15) is 0 Å². The van der Waals surface area contributed by atoms with E-state index in [1.54, 1.807) is 30.3 Å². The fourth-order valence-electron chi connectivity index (χ4n) is 0.537. The average molecular weight is 208 g/mol. The smallest absolute Gasteiger partial charge is 0.186 e. The van der Waals surface area contributed by atoms with E-state index in [1.807, 2.05) is 0 Å². The third kappa shape index (κ3) is 2.69. The van der Waals surface area contributed by atoms with Crippen LogP contribution in [0.2, 0.25) is 0 Å². The van der Waals surface area contributed by atoms with E-state index in [-0.39, 0.29) is 19.5 Å². The summed E-state index contributed by atoms with van der Waals surface area (Å²) in [4.78, 5) is 0.442. The van der Waals surface area contributed by atoms with Crippen molar-refractivity contribution < 1.29 is 28.2 Å². The first-order valence-electron chi connectivity index (χ1n) is 2.46. The summed E-state index contributed by atoms with van der Waals surface area (Å²) in [6, 6.07) is 8.47. The monoisotopic (exact) mass is 206 g/mol. The van der Waals surface area contributed by atoms with Crippen molar-refractivity contribution in [2.75, 3.05) is 0 Å². The van der Waals surface area contributed by atoms with Gasteiger partial charge in [0.2, 0.25) is 0 Å². The molecule has 50 valence electrons. The molecule has 0 aromatic heterocycles. The standard InChI is InChI=1S/C6H6O2S.Zn/c7-9(8)6-4-2-1-3-5-6;/h1-5H,(H,7,8);. The first-order chi connectivity index (χ1) is 4.30. The van der Waals surface area contributed by atoms with Gasteiger partial charge in [-0.25, -0.2) is 4.21 Å². The molecule has 1 atom stereocenters. The first-order valence-corrected chi connectivity index (χ1v) is 3.57. The van der Waals surface area contributed by atoms with Crippen LogP contribution in [-0.2, 0) is 30.6 Å². The molecule has 0 saturated heterocycles. The maximum absolute atomic E-state index is 10.3. The second-order valence-corrected chi connectivity index (χ2v) is 2.53. The molecular weight excluding hydrogens is 202 g/mol. The van der Waals surface area contributed by atoms with Crippen LogP contribution in [0.4, 0.5) is 0 Å². The van der Waals surface area contributed by atoms with Crippen molar-refractivity contribution in [1.82, 2.24) is 0 Å². The summed E-state index contributed by atoms with van der Waals surface area (Å²) in [5.74, 6) is 0. The molecule has 2 nitrogen and oxygen atoms in total. The van der Waals surface area contributed by atoms with Gasteiger partial charge in [-0.1, -0.05) is 18.2 Å². The molecule has 0 fully saturated rings. The Hall–Kier alpha value is -0.0466. The van der Waals surface area contributed by atoms with Gasteiger partial charge in [-0.05, 0) is 12.1 Å². The molecule has 0 radical (unpaired) electrons. The van der Waals surface area contributed by atoms with Crippen LogP contribution in [0.15, 0.2) is 35.2 Å². The summed E-state index contributed by atoms with van der Waals surface area (Å²) in [5, 5.41) is 0. The van der Waals surface area contributed by atoms with Gasteiger partial charge >= 0.3 is 0 Å². The summed E-state index contributed by atoms with van der Waals surface area (Å²) in [6.45, 7) is 0. The zero-order valence-corrected chi connectivity index (χ0v) is 9.14. The summed E-state index contributed by atoms with van der Waals surface area (Å²) in [7, 11) is 0. The van der Waals surface area contributed by atoms with E-state index >= 15 is 0 Å². The molecule has 0 heterocycles. The van der Waals surface area contributed by atoms with Crippen molar-refractivity contribution in [3.05, 3.63) is 30.3 Å². The van der Waals surface area contributed by atoms with Crippen molar-refractivity contribution in [3.63, 3.8) is 0 Å². The maximum atomic E-state index is 10.3. The SMILES string of the molecule is O=S(O)c1ccccc1.[Zn]. The van der Waals surface area contributed by atoms with Crippen LogP contribution >= 0.6 is 0 Å². The summed E-state index contributed by atoms with van der Waals surface area (Å²) < 4.78 is 18.8. The Morgan fingerprint density at radius 1 is 1.20 bits per heavy atom. The Bertz CT molecular complexity index is 212. The molecule has 4 heteroatoms. The van der Waals surface area contributed by atoms with Gasteiger partial charge in [-0.15, -0.1) is 0 Å². The van der Waals surface area contributed by atoms with Gasteiger partial charge in [0, 0.05) is 19.5 Å². The number of hydrogen-bond acceptors (Lipinski definition) is 1. The Morgan fingerprint density at radius 2 is 1.70 bits per heavy atom. The fourth-order valence-corrected chi connectivity index (χ4v) is 0.927. The molecule has 1 aromatic rings. The molecule has 0 spiro atoms. The van der Waals surface area contributed by atoms with E-state index in [0.29, 0.717) is 4.90 Å². The first kappa shape index (κ1) is 9.95. The van der Waals surface area contributed by atoms with Crippen molar-refractivity contribution >= 4 is 11.1 Å². The molecule has 0 bridgehead atoms. The Morgan fingerprint density at radius 3 is 2.00 bits per heavy atom. The van der Waals surface area contributed by atoms with Crippen LogP contribution in [0.3, 0.4) is 0 Å². The fraction of sp³-hybridized carbons (Fsp3) is 0. The third-order valence-corrected chi connectivity index (χ3v) is 1.62. The van der Waals surface area contributed by atoms with E-state index in [4.69, 9.17) is 4.55 Å². The molecule has 1 aromatic carbocycles. The van der Waals surface area contributed by atoms with Gasteiger partial charge in [-0.2, -0.15) is 0 Å². The zero-order chi connectivity index (χ0) is 6.69. The normalized spacial score (nSPS) is 11.7. The molecule has 0 aliphatic rings. The number of benzene rings is 1. The van der Waals surface area contributed by atoms with Gasteiger partial charge in [0.25, 0.3) is 0 Å². The van der Waals surface area contributed by atoms with Crippen molar-refractivity contribution in [3.8, 4) is 0 Å². The van der Waals surface area contributed by atoms with Crippen LogP contribution in [0.25, 0.3) is 0 Å². The van der Waals surface area contributed by atoms with Gasteiger partial charge in [0.05, 0.1) is 4.90 Å². The maximum Gasteiger partial charge on any atom is 0.186 e. The molecule has 10 heavy (non-hydrogen) atoms. The minimum absolute atomic E-state index is 0. The average Bonchev–Trinajstić information content (AvgIpc) is 1.90. The van der Waals surface area contributed by atoms with E-state index in [0.717, 1.165) is 0 Å². The molecule has 1 unspecified atom stereocenters. The van der Waals surface area contributed by atoms with Gasteiger partial charge in [0.15, 0.2) is 11.1 Å². The summed E-state index contributed by atoms with van der Waals surface area (Å²) >= 11 is -1.83. The molecule has 0 saturated carbocycles. The van der Waals surface area contributed by atoms with Crippen molar-refractivity contribution in [2.24, 2.45) is 0 Å². The van der Waals surface area contributed by atoms with Gasteiger partial charge in [0.1, 0.15) is 0 Å². The van der Waals surface area contributed by atoms with Crippen molar-refractivity contribution in [2.45, 2.75) is 4.90 Å². The van der Waals surface area contributed by atoms with Crippen LogP contribution < -0.4 is 0 Å². The van der Waals surface area contributed by atoms with Gasteiger partial charge in [-0.3, -0.25) is 0 Å². The molecule has 0 aliphatic carbocycles. The van der Waals surface area contributed by atoms with E-state index < -0.39 is 11.1 Å². The minimum atomic E-state index is -1.83.